The van der Waals surface area contributed by atoms with Crippen LogP contribution < -0.4 is 4.74 Å². The number of hydrogen-bond donors (Lipinski definition) is 0. The molecule has 0 N–H and O–H groups in total. The number of amides is 1. The van der Waals surface area contributed by atoms with Gasteiger partial charge in [0, 0.05) is 12.7 Å². The Hall–Kier alpha value is -2.36. The van der Waals surface area contributed by atoms with Crippen LogP contribution >= 0.6 is 0 Å². The maximum atomic E-state index is 13.4. The number of aryl methyl sites for hydroxylation is 2. The van der Waals surface area contributed by atoms with Crippen LogP contribution in [0, 0.1) is 0 Å². The highest BCUT2D eigenvalue weighted by Crippen LogP contribution is 2.35. The Morgan fingerprint density at radius 2 is 2.00 bits per heavy atom. The standard InChI is InChI=1S/C21H24N2O2/c1-25-20-14-16-8-6-7-15(16)13-17(20)21(24)23-12-5-3-10-19(23)18-9-2-4-11-22-18/h2,4,9,11,13-14,19H,3,5-8,10,12H2,1H3. The number of methoxy groups -OCH3 is 1. The summed E-state index contributed by atoms with van der Waals surface area (Å²) in [4.78, 5) is 19.9. The van der Waals surface area contributed by atoms with E-state index >= 15 is 0 Å². The minimum atomic E-state index is 0.0559. The number of ether oxygens (including phenoxy) is 1. The second-order valence-electron chi connectivity index (χ2n) is 6.94. The second kappa shape index (κ2) is 6.87. The average Bonchev–Trinajstić information content (AvgIpc) is 3.14. The molecule has 1 saturated heterocycles. The zero-order valence-corrected chi connectivity index (χ0v) is 14.7. The van der Waals surface area contributed by atoms with Gasteiger partial charge in [0.1, 0.15) is 5.75 Å². The van der Waals surface area contributed by atoms with Gasteiger partial charge in [-0.2, -0.15) is 0 Å². The quantitative estimate of drug-likeness (QED) is 0.852. The lowest BCUT2D eigenvalue weighted by Gasteiger charge is -2.35. The molecule has 1 unspecified atom stereocenters. The Labute approximate surface area is 148 Å². The van der Waals surface area contributed by atoms with Crippen molar-refractivity contribution in [3.8, 4) is 5.75 Å². The molecule has 0 saturated carbocycles. The molecule has 1 atom stereocenters. The number of piperidine rings is 1. The molecule has 1 aromatic carbocycles. The van der Waals surface area contributed by atoms with E-state index in [0.29, 0.717) is 11.3 Å². The fraction of sp³-hybridized carbons (Fsp3) is 0.429. The molecule has 4 nitrogen and oxygen atoms in total. The van der Waals surface area contributed by atoms with Gasteiger partial charge >= 0.3 is 0 Å². The smallest absolute Gasteiger partial charge is 0.258 e. The second-order valence-corrected chi connectivity index (χ2v) is 6.94. The number of pyridine rings is 1. The minimum absolute atomic E-state index is 0.0559. The zero-order chi connectivity index (χ0) is 17.2. The molecule has 1 amide bonds. The summed E-state index contributed by atoms with van der Waals surface area (Å²) in [5.41, 5.74) is 4.31. The van der Waals surface area contributed by atoms with Crippen molar-refractivity contribution in [3.05, 3.63) is 58.9 Å². The Morgan fingerprint density at radius 3 is 2.76 bits per heavy atom. The first kappa shape index (κ1) is 16.1. The number of carbonyl (C=O) groups is 1. The molecule has 0 bridgehead atoms. The maximum Gasteiger partial charge on any atom is 0.258 e. The molecular weight excluding hydrogens is 312 g/mol. The summed E-state index contributed by atoms with van der Waals surface area (Å²) in [5.74, 6) is 0.776. The summed E-state index contributed by atoms with van der Waals surface area (Å²) < 4.78 is 5.56. The van der Waals surface area contributed by atoms with Gasteiger partial charge in [-0.1, -0.05) is 6.07 Å². The van der Waals surface area contributed by atoms with Crippen LogP contribution in [0.3, 0.4) is 0 Å². The number of fused-ring (bicyclic) bond motifs is 1. The van der Waals surface area contributed by atoms with Gasteiger partial charge in [-0.3, -0.25) is 9.78 Å². The molecule has 1 aliphatic heterocycles. The van der Waals surface area contributed by atoms with Crippen molar-refractivity contribution < 1.29 is 9.53 Å². The third-order valence-electron chi connectivity index (χ3n) is 5.44. The minimum Gasteiger partial charge on any atom is -0.496 e. The molecule has 0 spiro atoms. The van der Waals surface area contributed by atoms with E-state index in [9.17, 15) is 4.79 Å². The number of hydrogen-bond acceptors (Lipinski definition) is 3. The number of likely N-dealkylation sites (tertiary alicyclic amines) is 1. The van der Waals surface area contributed by atoms with Crippen LogP contribution in [0.4, 0.5) is 0 Å². The first-order valence-electron chi connectivity index (χ1n) is 9.19. The first-order chi connectivity index (χ1) is 12.3. The van der Waals surface area contributed by atoms with Crippen molar-refractivity contribution in [2.45, 2.75) is 44.6 Å². The maximum absolute atomic E-state index is 13.4. The van der Waals surface area contributed by atoms with Gasteiger partial charge in [0.05, 0.1) is 24.4 Å². The molecule has 2 heterocycles. The summed E-state index contributed by atoms with van der Waals surface area (Å²) in [7, 11) is 1.65. The number of nitrogens with zero attached hydrogens (tertiary/aromatic N) is 2. The van der Waals surface area contributed by atoms with E-state index < -0.39 is 0 Å². The van der Waals surface area contributed by atoms with Gasteiger partial charge < -0.3 is 9.64 Å². The van der Waals surface area contributed by atoms with E-state index in [1.165, 1.54) is 11.1 Å². The van der Waals surface area contributed by atoms with Crippen molar-refractivity contribution >= 4 is 5.91 Å². The third-order valence-corrected chi connectivity index (χ3v) is 5.44. The van der Waals surface area contributed by atoms with Crippen molar-refractivity contribution in [2.75, 3.05) is 13.7 Å². The number of rotatable bonds is 3. The topological polar surface area (TPSA) is 42.4 Å². The van der Waals surface area contributed by atoms with Gasteiger partial charge in [-0.15, -0.1) is 0 Å². The fourth-order valence-electron chi connectivity index (χ4n) is 4.15. The highest BCUT2D eigenvalue weighted by atomic mass is 16.5. The van der Waals surface area contributed by atoms with E-state index in [1.807, 2.05) is 29.3 Å². The first-order valence-corrected chi connectivity index (χ1v) is 9.19. The monoisotopic (exact) mass is 336 g/mol. The summed E-state index contributed by atoms with van der Waals surface area (Å²) in [6, 6.07) is 10.1. The van der Waals surface area contributed by atoms with Gasteiger partial charge in [0.2, 0.25) is 0 Å². The van der Waals surface area contributed by atoms with Crippen molar-refractivity contribution in [3.63, 3.8) is 0 Å². The van der Waals surface area contributed by atoms with E-state index in [-0.39, 0.29) is 11.9 Å². The molecule has 4 heteroatoms. The zero-order valence-electron chi connectivity index (χ0n) is 14.7. The summed E-state index contributed by atoms with van der Waals surface area (Å²) in [5, 5.41) is 0. The predicted octanol–water partition coefficient (Wildman–Crippen LogP) is 3.95. The largest absolute Gasteiger partial charge is 0.496 e. The normalized spacial score (nSPS) is 19.6. The van der Waals surface area contributed by atoms with Crippen LogP contribution in [0.1, 0.15) is 58.9 Å². The summed E-state index contributed by atoms with van der Waals surface area (Å²) >= 11 is 0. The summed E-state index contributed by atoms with van der Waals surface area (Å²) in [6.45, 7) is 0.778. The van der Waals surface area contributed by atoms with Gasteiger partial charge in [-0.25, -0.2) is 0 Å². The lowest BCUT2D eigenvalue weighted by molar-refractivity contribution is 0.0602. The van der Waals surface area contributed by atoms with E-state index in [0.717, 1.165) is 50.8 Å². The predicted molar refractivity (Wildman–Crippen MR) is 96.9 cm³/mol. The number of benzene rings is 1. The van der Waals surface area contributed by atoms with E-state index in [2.05, 4.69) is 17.1 Å². The Morgan fingerprint density at radius 1 is 1.16 bits per heavy atom. The van der Waals surface area contributed by atoms with Crippen LogP contribution in [0.5, 0.6) is 5.75 Å². The lowest BCUT2D eigenvalue weighted by Crippen LogP contribution is -2.39. The molecule has 0 radical (unpaired) electrons. The molecule has 1 aromatic heterocycles. The van der Waals surface area contributed by atoms with Gasteiger partial charge in [0.15, 0.2) is 0 Å². The van der Waals surface area contributed by atoms with E-state index in [4.69, 9.17) is 4.74 Å². The molecule has 1 aliphatic carbocycles. The lowest BCUT2D eigenvalue weighted by atomic mass is 9.96. The number of carbonyl (C=O) groups excluding carboxylic acids is 1. The molecule has 130 valence electrons. The third kappa shape index (κ3) is 3.01. The van der Waals surface area contributed by atoms with Crippen LogP contribution in [0.15, 0.2) is 36.5 Å². The Kier molecular flexibility index (Phi) is 4.43. The van der Waals surface area contributed by atoms with Gasteiger partial charge in [-0.05, 0) is 73.9 Å². The van der Waals surface area contributed by atoms with Crippen molar-refractivity contribution in [2.24, 2.45) is 0 Å². The van der Waals surface area contributed by atoms with Crippen LogP contribution in [-0.2, 0) is 12.8 Å². The highest BCUT2D eigenvalue weighted by molar-refractivity contribution is 5.97. The van der Waals surface area contributed by atoms with Crippen LogP contribution in [0.2, 0.25) is 0 Å². The SMILES string of the molecule is COc1cc2c(cc1C(=O)N1CCCCC1c1ccccn1)CCC2. The Balaban J connectivity index is 1.69. The molecule has 1 fully saturated rings. The van der Waals surface area contributed by atoms with Crippen molar-refractivity contribution in [1.29, 1.82) is 0 Å². The average molecular weight is 336 g/mol. The molecular formula is C21H24N2O2. The Bertz CT molecular complexity index is 773. The molecule has 2 aromatic rings. The fourth-order valence-corrected chi connectivity index (χ4v) is 4.15. The summed E-state index contributed by atoms with van der Waals surface area (Å²) in [6.07, 6.45) is 8.26. The highest BCUT2D eigenvalue weighted by Gasteiger charge is 2.31. The van der Waals surface area contributed by atoms with Crippen LogP contribution in [-0.4, -0.2) is 29.4 Å². The van der Waals surface area contributed by atoms with Crippen LogP contribution in [0.25, 0.3) is 0 Å². The van der Waals surface area contributed by atoms with E-state index in [1.54, 1.807) is 7.11 Å². The molecule has 2 aliphatic rings. The van der Waals surface area contributed by atoms with Gasteiger partial charge in [0.25, 0.3) is 5.91 Å². The number of aromatic nitrogens is 1. The molecule has 25 heavy (non-hydrogen) atoms. The van der Waals surface area contributed by atoms with Crippen molar-refractivity contribution in [1.82, 2.24) is 9.88 Å². The molecule has 4 rings (SSSR count).